The zero-order valence-corrected chi connectivity index (χ0v) is 15.6. The predicted molar refractivity (Wildman–Crippen MR) is 105 cm³/mol. The highest BCUT2D eigenvalue weighted by atomic mass is 35.5. The van der Waals surface area contributed by atoms with Gasteiger partial charge in [0.25, 0.3) is 5.91 Å². The minimum Gasteiger partial charge on any atom is -0.481 e. The van der Waals surface area contributed by atoms with Gasteiger partial charge in [-0.15, -0.1) is 0 Å². The Morgan fingerprint density at radius 1 is 1.27 bits per heavy atom. The van der Waals surface area contributed by atoms with E-state index in [1.54, 1.807) is 13.1 Å². The van der Waals surface area contributed by atoms with Crippen LogP contribution in [0.15, 0.2) is 47.7 Å². The molecular formula is C20H20ClN3O2. The number of hydrazone groups is 1. The van der Waals surface area contributed by atoms with E-state index in [9.17, 15) is 4.79 Å². The van der Waals surface area contributed by atoms with Crippen LogP contribution in [0.25, 0.3) is 10.9 Å². The molecule has 1 heterocycles. The van der Waals surface area contributed by atoms with Gasteiger partial charge in [0.15, 0.2) is 6.10 Å². The first-order valence-electron chi connectivity index (χ1n) is 8.28. The molecule has 134 valence electrons. The summed E-state index contributed by atoms with van der Waals surface area (Å²) < 4.78 is 5.70. The zero-order valence-electron chi connectivity index (χ0n) is 14.8. The van der Waals surface area contributed by atoms with Gasteiger partial charge >= 0.3 is 0 Å². The Morgan fingerprint density at radius 2 is 1.96 bits per heavy atom. The lowest BCUT2D eigenvalue weighted by molar-refractivity contribution is -0.127. The number of carbonyl (C=O) groups excluding carboxylic acids is 1. The fourth-order valence-corrected chi connectivity index (χ4v) is 2.80. The summed E-state index contributed by atoms with van der Waals surface area (Å²) in [5, 5.41) is 5.78. The van der Waals surface area contributed by atoms with Crippen molar-refractivity contribution in [2.24, 2.45) is 5.10 Å². The number of rotatable bonds is 5. The summed E-state index contributed by atoms with van der Waals surface area (Å²) in [7, 11) is 0. The third-order valence-corrected chi connectivity index (χ3v) is 4.69. The number of nitrogens with zero attached hydrogens (tertiary/aromatic N) is 1. The molecular weight excluding hydrogens is 350 g/mol. The second-order valence-corrected chi connectivity index (χ2v) is 6.53. The normalized spacial score (nSPS) is 12.5. The Hall–Kier alpha value is -2.79. The molecule has 0 spiro atoms. The highest BCUT2D eigenvalue weighted by Gasteiger charge is 2.15. The molecule has 0 bridgehead atoms. The van der Waals surface area contributed by atoms with Crippen molar-refractivity contribution in [1.82, 2.24) is 10.4 Å². The van der Waals surface area contributed by atoms with E-state index in [1.807, 2.05) is 56.4 Å². The predicted octanol–water partition coefficient (Wildman–Crippen LogP) is 4.36. The van der Waals surface area contributed by atoms with Gasteiger partial charge in [-0.05, 0) is 50.1 Å². The van der Waals surface area contributed by atoms with Gasteiger partial charge in [0, 0.05) is 27.7 Å². The average Bonchev–Trinajstić information content (AvgIpc) is 3.03. The lowest BCUT2D eigenvalue weighted by atomic mass is 10.1. The number of aromatic amines is 1. The smallest absolute Gasteiger partial charge is 0.280 e. The quantitative estimate of drug-likeness (QED) is 0.518. The monoisotopic (exact) mass is 369 g/mol. The molecule has 3 rings (SSSR count). The van der Waals surface area contributed by atoms with Gasteiger partial charge in [-0.3, -0.25) is 4.79 Å². The molecule has 0 radical (unpaired) electrons. The number of hydrogen-bond donors (Lipinski definition) is 2. The van der Waals surface area contributed by atoms with Crippen LogP contribution in [0.2, 0.25) is 5.02 Å². The summed E-state index contributed by atoms with van der Waals surface area (Å²) in [5.74, 6) is 0.277. The van der Waals surface area contributed by atoms with E-state index in [0.717, 1.165) is 27.6 Å². The number of nitrogens with one attached hydrogen (secondary N) is 2. The largest absolute Gasteiger partial charge is 0.481 e. The number of benzene rings is 2. The Morgan fingerprint density at radius 3 is 2.69 bits per heavy atom. The fraction of sp³-hybridized carbons (Fsp3) is 0.200. The molecule has 1 unspecified atom stereocenters. The second kappa shape index (κ2) is 7.62. The molecule has 1 amide bonds. The maximum atomic E-state index is 12.2. The van der Waals surface area contributed by atoms with Crippen LogP contribution < -0.4 is 10.2 Å². The second-order valence-electron chi connectivity index (χ2n) is 6.15. The minimum atomic E-state index is -0.685. The van der Waals surface area contributed by atoms with E-state index in [4.69, 9.17) is 16.3 Å². The number of para-hydroxylation sites is 1. The lowest BCUT2D eigenvalue weighted by Gasteiger charge is -2.14. The van der Waals surface area contributed by atoms with Crippen molar-refractivity contribution in [3.63, 3.8) is 0 Å². The number of ether oxygens (including phenoxy) is 1. The molecule has 2 aromatic carbocycles. The van der Waals surface area contributed by atoms with E-state index < -0.39 is 6.10 Å². The van der Waals surface area contributed by atoms with Crippen LogP contribution in [-0.4, -0.2) is 23.2 Å². The number of amides is 1. The highest BCUT2D eigenvalue weighted by Crippen LogP contribution is 2.26. The fourth-order valence-electron chi connectivity index (χ4n) is 2.69. The van der Waals surface area contributed by atoms with E-state index >= 15 is 0 Å². The van der Waals surface area contributed by atoms with Crippen molar-refractivity contribution in [3.05, 3.63) is 64.3 Å². The highest BCUT2D eigenvalue weighted by molar-refractivity contribution is 6.32. The van der Waals surface area contributed by atoms with Gasteiger partial charge in [0.1, 0.15) is 5.75 Å². The van der Waals surface area contributed by atoms with E-state index in [-0.39, 0.29) is 5.91 Å². The Balaban J connectivity index is 1.62. The van der Waals surface area contributed by atoms with Crippen LogP contribution in [0.1, 0.15) is 23.6 Å². The number of aromatic nitrogens is 1. The number of hydrogen-bond acceptors (Lipinski definition) is 3. The molecule has 1 aromatic heterocycles. The summed E-state index contributed by atoms with van der Waals surface area (Å²) >= 11 is 6.15. The van der Waals surface area contributed by atoms with Gasteiger partial charge in [-0.2, -0.15) is 5.10 Å². The van der Waals surface area contributed by atoms with Crippen LogP contribution in [0.5, 0.6) is 5.75 Å². The molecule has 5 nitrogen and oxygen atoms in total. The Bertz CT molecular complexity index is 955. The van der Waals surface area contributed by atoms with Crippen molar-refractivity contribution in [2.75, 3.05) is 0 Å². The Kier molecular flexibility index (Phi) is 5.28. The Labute approximate surface area is 157 Å². The molecule has 2 N–H and O–H groups in total. The van der Waals surface area contributed by atoms with Gasteiger partial charge in [0.05, 0.1) is 6.21 Å². The maximum absolute atomic E-state index is 12.2. The molecule has 6 heteroatoms. The van der Waals surface area contributed by atoms with Crippen molar-refractivity contribution in [2.45, 2.75) is 26.9 Å². The zero-order chi connectivity index (χ0) is 18.7. The summed E-state index contributed by atoms with van der Waals surface area (Å²) in [6, 6.07) is 11.5. The van der Waals surface area contributed by atoms with Crippen LogP contribution in [0.4, 0.5) is 0 Å². The number of fused-ring (bicyclic) bond motifs is 1. The number of halogens is 1. The average molecular weight is 370 g/mol. The molecule has 0 fully saturated rings. The topological polar surface area (TPSA) is 66.5 Å². The van der Waals surface area contributed by atoms with E-state index in [1.165, 1.54) is 0 Å². The van der Waals surface area contributed by atoms with Crippen molar-refractivity contribution < 1.29 is 9.53 Å². The van der Waals surface area contributed by atoms with Gasteiger partial charge < -0.3 is 9.72 Å². The third kappa shape index (κ3) is 3.89. The summed E-state index contributed by atoms with van der Waals surface area (Å²) in [5.41, 5.74) is 6.25. The van der Waals surface area contributed by atoms with Crippen LogP contribution in [0.3, 0.4) is 0 Å². The summed E-state index contributed by atoms with van der Waals surface area (Å²) in [6.07, 6.45) is 2.77. The van der Waals surface area contributed by atoms with E-state index in [0.29, 0.717) is 10.8 Å². The standard InChI is InChI=1S/C20H20ClN3O2/c1-12-8-16(9-13(2)19(12)21)26-14(3)20(25)24-23-11-15-10-22-18-7-5-4-6-17(15)18/h4-11,14,22H,1-3H3,(H,24,25)/b23-11+. The summed E-state index contributed by atoms with van der Waals surface area (Å²) in [4.78, 5) is 15.3. The van der Waals surface area contributed by atoms with Crippen LogP contribution >= 0.6 is 11.6 Å². The molecule has 1 atom stereocenters. The molecule has 0 aliphatic rings. The van der Waals surface area contributed by atoms with Crippen molar-refractivity contribution in [3.8, 4) is 5.75 Å². The van der Waals surface area contributed by atoms with Gasteiger partial charge in [-0.25, -0.2) is 5.43 Å². The number of H-pyrrole nitrogens is 1. The molecule has 26 heavy (non-hydrogen) atoms. The molecule has 0 saturated carbocycles. The van der Waals surface area contributed by atoms with Crippen LogP contribution in [-0.2, 0) is 4.79 Å². The molecule has 0 saturated heterocycles. The van der Waals surface area contributed by atoms with Gasteiger partial charge in [-0.1, -0.05) is 29.8 Å². The molecule has 3 aromatic rings. The first-order valence-corrected chi connectivity index (χ1v) is 8.66. The van der Waals surface area contributed by atoms with Crippen LogP contribution in [0, 0.1) is 13.8 Å². The minimum absolute atomic E-state index is 0.327. The lowest BCUT2D eigenvalue weighted by Crippen LogP contribution is -2.33. The maximum Gasteiger partial charge on any atom is 0.280 e. The number of carbonyl (C=O) groups is 1. The third-order valence-electron chi connectivity index (χ3n) is 4.09. The molecule has 0 aliphatic heterocycles. The summed E-state index contributed by atoms with van der Waals surface area (Å²) in [6.45, 7) is 5.48. The van der Waals surface area contributed by atoms with E-state index in [2.05, 4.69) is 15.5 Å². The first kappa shape index (κ1) is 18.0. The first-order chi connectivity index (χ1) is 12.5. The number of aryl methyl sites for hydroxylation is 2. The van der Waals surface area contributed by atoms with Crippen molar-refractivity contribution >= 4 is 34.6 Å². The SMILES string of the molecule is Cc1cc(OC(C)C(=O)N/N=C/c2c[nH]c3ccccc23)cc(C)c1Cl. The van der Waals surface area contributed by atoms with Crippen molar-refractivity contribution in [1.29, 1.82) is 0 Å². The molecule has 0 aliphatic carbocycles. The van der Waals surface area contributed by atoms with Gasteiger partial charge in [0.2, 0.25) is 0 Å².